The summed E-state index contributed by atoms with van der Waals surface area (Å²) in [6.07, 6.45) is 0. The largest absolute Gasteiger partial charge is 0.508 e. The van der Waals surface area contributed by atoms with Gasteiger partial charge in [0.1, 0.15) is 5.75 Å². The number of nitrogens with one attached hydrogen (secondary N) is 1. The second-order valence-corrected chi connectivity index (χ2v) is 5.70. The first-order chi connectivity index (χ1) is 9.06. The van der Waals surface area contributed by atoms with E-state index in [0.29, 0.717) is 12.3 Å². The van der Waals surface area contributed by atoms with Crippen molar-refractivity contribution in [3.8, 4) is 5.75 Å². The Kier molecular flexibility index (Phi) is 4.61. The molecule has 2 aromatic rings. The number of aryl methyl sites for hydroxylation is 1. The quantitative estimate of drug-likeness (QED) is 0.879. The first-order valence-corrected chi connectivity index (χ1v) is 7.13. The molecule has 0 saturated carbocycles. The third-order valence-corrected chi connectivity index (χ3v) is 3.73. The van der Waals surface area contributed by atoms with E-state index in [-0.39, 0.29) is 6.04 Å². The highest BCUT2D eigenvalue weighted by molar-refractivity contribution is 9.10. The van der Waals surface area contributed by atoms with Crippen molar-refractivity contribution in [1.29, 1.82) is 0 Å². The molecule has 0 aliphatic heterocycles. The van der Waals surface area contributed by atoms with E-state index in [1.807, 2.05) is 31.2 Å². The molecule has 0 radical (unpaired) electrons. The topological polar surface area (TPSA) is 32.3 Å². The third kappa shape index (κ3) is 3.82. The summed E-state index contributed by atoms with van der Waals surface area (Å²) in [4.78, 5) is 0. The van der Waals surface area contributed by atoms with Gasteiger partial charge >= 0.3 is 0 Å². The van der Waals surface area contributed by atoms with Gasteiger partial charge in [-0.2, -0.15) is 0 Å². The molecule has 19 heavy (non-hydrogen) atoms. The molecule has 0 saturated heterocycles. The van der Waals surface area contributed by atoms with Gasteiger partial charge in [0, 0.05) is 22.6 Å². The third-order valence-electron chi connectivity index (χ3n) is 3.20. The Balaban J connectivity index is 2.02. The van der Waals surface area contributed by atoms with Crippen LogP contribution in [0.5, 0.6) is 5.75 Å². The van der Waals surface area contributed by atoms with Gasteiger partial charge in [-0.3, -0.25) is 0 Å². The fourth-order valence-electron chi connectivity index (χ4n) is 1.99. The second-order valence-electron chi connectivity index (χ2n) is 4.79. The Morgan fingerprint density at radius 3 is 2.53 bits per heavy atom. The normalized spacial score (nSPS) is 12.4. The molecule has 0 bridgehead atoms. The summed E-state index contributed by atoms with van der Waals surface area (Å²) in [5.41, 5.74) is 3.32. The van der Waals surface area contributed by atoms with Crippen molar-refractivity contribution < 1.29 is 5.11 Å². The van der Waals surface area contributed by atoms with Crippen LogP contribution in [-0.2, 0) is 6.54 Å². The SMILES string of the molecule is Cc1ccc(O)c(CN[C@H](C)c2ccc(Br)cc2)c1. The number of aromatic hydroxyl groups is 1. The summed E-state index contributed by atoms with van der Waals surface area (Å²) < 4.78 is 1.08. The maximum absolute atomic E-state index is 9.81. The van der Waals surface area contributed by atoms with Crippen LogP contribution in [0, 0.1) is 6.92 Å². The highest BCUT2D eigenvalue weighted by atomic mass is 79.9. The van der Waals surface area contributed by atoms with Gasteiger partial charge < -0.3 is 10.4 Å². The number of phenols is 1. The Hall–Kier alpha value is -1.32. The van der Waals surface area contributed by atoms with Crippen LogP contribution in [0.1, 0.15) is 29.7 Å². The number of halogens is 1. The average molecular weight is 320 g/mol. The zero-order valence-electron chi connectivity index (χ0n) is 11.2. The molecule has 0 spiro atoms. The molecular formula is C16H18BrNO. The lowest BCUT2D eigenvalue weighted by Crippen LogP contribution is -2.18. The summed E-state index contributed by atoms with van der Waals surface area (Å²) in [7, 11) is 0. The molecule has 0 aliphatic carbocycles. The predicted molar refractivity (Wildman–Crippen MR) is 82.2 cm³/mol. The Bertz CT molecular complexity index is 551. The summed E-state index contributed by atoms with van der Waals surface area (Å²) >= 11 is 3.43. The molecular weight excluding hydrogens is 302 g/mol. The van der Waals surface area contributed by atoms with Gasteiger partial charge in [-0.15, -0.1) is 0 Å². The maximum Gasteiger partial charge on any atom is 0.120 e. The molecule has 2 N–H and O–H groups in total. The summed E-state index contributed by atoms with van der Waals surface area (Å²) in [6.45, 7) is 4.81. The van der Waals surface area contributed by atoms with Gasteiger partial charge in [-0.05, 0) is 37.6 Å². The van der Waals surface area contributed by atoms with Gasteiger partial charge in [-0.1, -0.05) is 45.8 Å². The standard InChI is InChI=1S/C16H18BrNO/c1-11-3-8-16(19)14(9-11)10-18-12(2)13-4-6-15(17)7-5-13/h3-9,12,18-19H,10H2,1-2H3/t12-/m1/s1. The van der Waals surface area contributed by atoms with Crippen LogP contribution in [0.3, 0.4) is 0 Å². The molecule has 2 rings (SSSR count). The van der Waals surface area contributed by atoms with Gasteiger partial charge in [0.25, 0.3) is 0 Å². The molecule has 100 valence electrons. The molecule has 2 aromatic carbocycles. The molecule has 0 unspecified atom stereocenters. The van der Waals surface area contributed by atoms with Gasteiger partial charge in [0.05, 0.1) is 0 Å². The fourth-order valence-corrected chi connectivity index (χ4v) is 2.25. The number of rotatable bonds is 4. The second kappa shape index (κ2) is 6.22. The van der Waals surface area contributed by atoms with Crippen molar-refractivity contribution in [3.63, 3.8) is 0 Å². The fraction of sp³-hybridized carbons (Fsp3) is 0.250. The van der Waals surface area contributed by atoms with Crippen LogP contribution >= 0.6 is 15.9 Å². The van der Waals surface area contributed by atoms with E-state index in [9.17, 15) is 5.11 Å². The number of hydrogen-bond acceptors (Lipinski definition) is 2. The first-order valence-electron chi connectivity index (χ1n) is 6.33. The Morgan fingerprint density at radius 1 is 1.16 bits per heavy atom. The van der Waals surface area contributed by atoms with Gasteiger partial charge in [-0.25, -0.2) is 0 Å². The van der Waals surface area contributed by atoms with E-state index < -0.39 is 0 Å². The highest BCUT2D eigenvalue weighted by Crippen LogP contribution is 2.20. The molecule has 0 amide bonds. The van der Waals surface area contributed by atoms with Crippen LogP contribution in [0.25, 0.3) is 0 Å². The van der Waals surface area contributed by atoms with Crippen molar-refractivity contribution in [1.82, 2.24) is 5.32 Å². The predicted octanol–water partition coefficient (Wildman–Crippen LogP) is 4.31. The minimum absolute atomic E-state index is 0.244. The summed E-state index contributed by atoms with van der Waals surface area (Å²) in [6, 6.07) is 14.2. The van der Waals surface area contributed by atoms with E-state index in [1.54, 1.807) is 6.07 Å². The zero-order chi connectivity index (χ0) is 13.8. The molecule has 1 atom stereocenters. The lowest BCUT2D eigenvalue weighted by Gasteiger charge is -2.15. The number of benzene rings is 2. The molecule has 3 heteroatoms. The van der Waals surface area contributed by atoms with E-state index in [0.717, 1.165) is 15.6 Å². The van der Waals surface area contributed by atoms with E-state index in [4.69, 9.17) is 0 Å². The Morgan fingerprint density at radius 2 is 1.84 bits per heavy atom. The van der Waals surface area contributed by atoms with Crippen LogP contribution in [0.15, 0.2) is 46.9 Å². The van der Waals surface area contributed by atoms with Crippen LogP contribution < -0.4 is 5.32 Å². The minimum atomic E-state index is 0.244. The van der Waals surface area contributed by atoms with Crippen molar-refractivity contribution in [2.24, 2.45) is 0 Å². The van der Waals surface area contributed by atoms with Gasteiger partial charge in [0.15, 0.2) is 0 Å². The highest BCUT2D eigenvalue weighted by Gasteiger charge is 2.07. The van der Waals surface area contributed by atoms with Crippen LogP contribution in [0.2, 0.25) is 0 Å². The van der Waals surface area contributed by atoms with E-state index in [1.165, 1.54) is 5.56 Å². The minimum Gasteiger partial charge on any atom is -0.508 e. The molecule has 0 heterocycles. The number of hydrogen-bond donors (Lipinski definition) is 2. The van der Waals surface area contributed by atoms with Gasteiger partial charge in [0.2, 0.25) is 0 Å². The van der Waals surface area contributed by atoms with Crippen molar-refractivity contribution >= 4 is 15.9 Å². The van der Waals surface area contributed by atoms with Crippen molar-refractivity contribution in [2.45, 2.75) is 26.4 Å². The van der Waals surface area contributed by atoms with Crippen LogP contribution in [-0.4, -0.2) is 5.11 Å². The molecule has 0 aliphatic rings. The molecule has 0 fully saturated rings. The lowest BCUT2D eigenvalue weighted by molar-refractivity contribution is 0.460. The maximum atomic E-state index is 9.81. The van der Waals surface area contributed by atoms with E-state index in [2.05, 4.69) is 40.3 Å². The molecule has 0 aromatic heterocycles. The van der Waals surface area contributed by atoms with Crippen LogP contribution in [0.4, 0.5) is 0 Å². The summed E-state index contributed by atoms with van der Waals surface area (Å²) in [5.74, 6) is 0.348. The Labute approximate surface area is 122 Å². The number of phenolic OH excluding ortho intramolecular Hbond substituents is 1. The average Bonchev–Trinajstić information content (AvgIpc) is 2.40. The smallest absolute Gasteiger partial charge is 0.120 e. The lowest BCUT2D eigenvalue weighted by atomic mass is 10.1. The van der Waals surface area contributed by atoms with Crippen molar-refractivity contribution in [2.75, 3.05) is 0 Å². The summed E-state index contributed by atoms with van der Waals surface area (Å²) in [5, 5.41) is 13.2. The molecule has 2 nitrogen and oxygen atoms in total. The monoisotopic (exact) mass is 319 g/mol. The van der Waals surface area contributed by atoms with E-state index >= 15 is 0 Å². The van der Waals surface area contributed by atoms with Crippen molar-refractivity contribution in [3.05, 3.63) is 63.6 Å². The zero-order valence-corrected chi connectivity index (χ0v) is 12.7. The first kappa shape index (κ1) is 14.1.